The largest absolute Gasteiger partial charge is 0.360 e. The number of unbranched alkanes of at least 4 members (excludes halogenated alkanes) is 7. The number of methoxy groups -OCH3 is 2. The fraction of sp³-hybridized carbons (Fsp3) is 1.00. The van der Waals surface area contributed by atoms with Crippen molar-refractivity contribution in [3.63, 3.8) is 0 Å². The molecule has 0 spiro atoms. The molecule has 1 unspecified atom stereocenters. The normalized spacial score (nSPS) is 13.2. The molecule has 0 saturated heterocycles. The van der Waals surface area contributed by atoms with Gasteiger partial charge in [-0.1, -0.05) is 70.9 Å². The second-order valence-corrected chi connectivity index (χ2v) is 8.16. The number of hydrogen-bond acceptors (Lipinski definition) is 2. The summed E-state index contributed by atoms with van der Waals surface area (Å²) >= 11 is 0. The van der Waals surface area contributed by atoms with Gasteiger partial charge in [-0.3, -0.25) is 0 Å². The Morgan fingerprint density at radius 2 is 1.29 bits per heavy atom. The van der Waals surface area contributed by atoms with Crippen LogP contribution >= 0.6 is 0 Å². The molecule has 2 nitrogen and oxygen atoms in total. The second-order valence-electron chi connectivity index (χ2n) is 5.08. The quantitative estimate of drug-likeness (QED) is 0.298. The Bertz CT molecular complexity index is 149. The number of ether oxygens (including phenoxy) is 2. The van der Waals surface area contributed by atoms with Crippen molar-refractivity contribution < 1.29 is 9.47 Å². The standard InChI is InChI=1S/C14H32O2Si/c1-5-6-7-8-9-10-11-12-13-17(4)14(15-2)16-3/h14,17H,5-13H2,1-4H3. The molecule has 0 bridgehead atoms. The molecule has 0 fully saturated rings. The van der Waals surface area contributed by atoms with Gasteiger partial charge in [-0.2, -0.15) is 0 Å². The molecule has 0 aliphatic carbocycles. The van der Waals surface area contributed by atoms with Crippen LogP contribution in [0.2, 0.25) is 12.6 Å². The van der Waals surface area contributed by atoms with E-state index in [0.717, 1.165) is 0 Å². The molecular weight excluding hydrogens is 228 g/mol. The van der Waals surface area contributed by atoms with Gasteiger partial charge in [-0.15, -0.1) is 0 Å². The van der Waals surface area contributed by atoms with Gasteiger partial charge in [0.25, 0.3) is 0 Å². The summed E-state index contributed by atoms with van der Waals surface area (Å²) in [5.41, 5.74) is 0. The molecule has 0 heterocycles. The van der Waals surface area contributed by atoms with Gasteiger partial charge in [-0.05, 0) is 0 Å². The van der Waals surface area contributed by atoms with Crippen LogP contribution in [0.3, 0.4) is 0 Å². The lowest BCUT2D eigenvalue weighted by atomic mass is 10.1. The maximum absolute atomic E-state index is 5.32. The zero-order chi connectivity index (χ0) is 12.9. The highest BCUT2D eigenvalue weighted by atomic mass is 28.3. The minimum atomic E-state index is -0.832. The van der Waals surface area contributed by atoms with E-state index >= 15 is 0 Å². The Morgan fingerprint density at radius 3 is 1.76 bits per heavy atom. The molecular formula is C14H32O2Si. The fourth-order valence-electron chi connectivity index (χ4n) is 2.30. The summed E-state index contributed by atoms with van der Waals surface area (Å²) in [4.78, 5) is 0. The van der Waals surface area contributed by atoms with Gasteiger partial charge < -0.3 is 9.47 Å². The van der Waals surface area contributed by atoms with Crippen molar-refractivity contribution in [2.45, 2.75) is 76.8 Å². The average Bonchev–Trinajstić information content (AvgIpc) is 2.34. The molecule has 0 aromatic rings. The smallest absolute Gasteiger partial charge is 0.137 e. The molecule has 0 aliphatic heterocycles. The SMILES string of the molecule is CCCCCCCCCC[SiH](C)C(OC)OC. The molecule has 0 rings (SSSR count). The van der Waals surface area contributed by atoms with Gasteiger partial charge >= 0.3 is 0 Å². The summed E-state index contributed by atoms with van der Waals surface area (Å²) < 4.78 is 10.6. The lowest BCUT2D eigenvalue weighted by molar-refractivity contribution is -0.0469. The predicted molar refractivity (Wildman–Crippen MR) is 78.2 cm³/mol. The van der Waals surface area contributed by atoms with Crippen molar-refractivity contribution in [1.29, 1.82) is 0 Å². The number of hydrogen-bond donors (Lipinski definition) is 0. The van der Waals surface area contributed by atoms with E-state index in [1.807, 2.05) is 0 Å². The Balaban J connectivity index is 3.27. The van der Waals surface area contributed by atoms with Crippen LogP contribution in [0.25, 0.3) is 0 Å². The first-order chi connectivity index (χ1) is 8.26. The van der Waals surface area contributed by atoms with Crippen LogP contribution in [0.5, 0.6) is 0 Å². The van der Waals surface area contributed by atoms with E-state index in [9.17, 15) is 0 Å². The maximum Gasteiger partial charge on any atom is 0.137 e. The molecule has 0 radical (unpaired) electrons. The average molecular weight is 260 g/mol. The minimum Gasteiger partial charge on any atom is -0.360 e. The van der Waals surface area contributed by atoms with Gasteiger partial charge in [0.15, 0.2) is 0 Å². The summed E-state index contributed by atoms with van der Waals surface area (Å²) in [5, 5.41) is 0. The molecule has 0 aromatic carbocycles. The van der Waals surface area contributed by atoms with E-state index < -0.39 is 8.80 Å². The van der Waals surface area contributed by atoms with Crippen LogP contribution in [0.1, 0.15) is 58.3 Å². The zero-order valence-corrected chi connectivity index (χ0v) is 13.5. The van der Waals surface area contributed by atoms with Crippen molar-refractivity contribution in [2.24, 2.45) is 0 Å². The molecule has 0 amide bonds. The monoisotopic (exact) mass is 260 g/mol. The van der Waals surface area contributed by atoms with E-state index in [1.165, 1.54) is 57.4 Å². The lowest BCUT2D eigenvalue weighted by Gasteiger charge is -2.19. The highest BCUT2D eigenvalue weighted by Crippen LogP contribution is 2.13. The maximum atomic E-state index is 5.32. The molecule has 0 aromatic heterocycles. The second kappa shape index (κ2) is 12.6. The molecule has 0 saturated carbocycles. The number of rotatable bonds is 12. The molecule has 104 valence electrons. The van der Waals surface area contributed by atoms with Crippen LogP contribution in [-0.2, 0) is 9.47 Å². The van der Waals surface area contributed by atoms with Crippen molar-refractivity contribution in [1.82, 2.24) is 0 Å². The Labute approximate surface area is 110 Å². The van der Waals surface area contributed by atoms with Gasteiger partial charge in [0.2, 0.25) is 0 Å². The molecule has 0 N–H and O–H groups in total. The van der Waals surface area contributed by atoms with E-state index in [1.54, 1.807) is 14.2 Å². The fourth-order valence-corrected chi connectivity index (χ4v) is 4.43. The Morgan fingerprint density at radius 1 is 0.824 bits per heavy atom. The molecule has 17 heavy (non-hydrogen) atoms. The Hall–Kier alpha value is 0.137. The first kappa shape index (κ1) is 17.1. The summed E-state index contributed by atoms with van der Waals surface area (Å²) in [6.07, 6.45) is 11.2. The van der Waals surface area contributed by atoms with Crippen molar-refractivity contribution in [3.8, 4) is 0 Å². The summed E-state index contributed by atoms with van der Waals surface area (Å²) in [6.45, 7) is 4.62. The van der Waals surface area contributed by atoms with Crippen molar-refractivity contribution in [3.05, 3.63) is 0 Å². The van der Waals surface area contributed by atoms with Crippen LogP contribution in [0.4, 0.5) is 0 Å². The van der Waals surface area contributed by atoms with E-state index in [2.05, 4.69) is 13.5 Å². The third-order valence-corrected chi connectivity index (χ3v) is 6.23. The minimum absolute atomic E-state index is 0.111. The van der Waals surface area contributed by atoms with Crippen LogP contribution in [-0.4, -0.2) is 28.9 Å². The predicted octanol–water partition coefficient (Wildman–Crippen LogP) is 4.14. The van der Waals surface area contributed by atoms with Gasteiger partial charge in [-0.25, -0.2) is 0 Å². The van der Waals surface area contributed by atoms with E-state index in [0.29, 0.717) is 0 Å². The van der Waals surface area contributed by atoms with Crippen LogP contribution < -0.4 is 0 Å². The molecule has 0 aliphatic rings. The van der Waals surface area contributed by atoms with Gasteiger partial charge in [0, 0.05) is 14.2 Å². The highest BCUT2D eigenvalue weighted by molar-refractivity contribution is 6.58. The van der Waals surface area contributed by atoms with E-state index in [4.69, 9.17) is 9.47 Å². The summed E-state index contributed by atoms with van der Waals surface area (Å²) in [5.74, 6) is 0.111. The molecule has 1 atom stereocenters. The van der Waals surface area contributed by atoms with Gasteiger partial charge in [0.1, 0.15) is 14.7 Å². The third kappa shape index (κ3) is 9.80. The van der Waals surface area contributed by atoms with E-state index in [-0.39, 0.29) is 5.91 Å². The van der Waals surface area contributed by atoms with Gasteiger partial charge in [0.05, 0.1) is 0 Å². The summed E-state index contributed by atoms with van der Waals surface area (Å²) in [6, 6.07) is 1.35. The van der Waals surface area contributed by atoms with Crippen LogP contribution in [0, 0.1) is 0 Å². The zero-order valence-electron chi connectivity index (χ0n) is 12.3. The Kier molecular flexibility index (Phi) is 12.7. The molecule has 3 heteroatoms. The van der Waals surface area contributed by atoms with Crippen LogP contribution in [0.15, 0.2) is 0 Å². The van der Waals surface area contributed by atoms with Crippen molar-refractivity contribution >= 4 is 8.80 Å². The topological polar surface area (TPSA) is 18.5 Å². The van der Waals surface area contributed by atoms with Crippen molar-refractivity contribution in [2.75, 3.05) is 14.2 Å². The highest BCUT2D eigenvalue weighted by Gasteiger charge is 2.16. The first-order valence-corrected chi connectivity index (χ1v) is 9.95. The summed E-state index contributed by atoms with van der Waals surface area (Å²) in [7, 11) is 2.68. The third-order valence-electron chi connectivity index (χ3n) is 3.44. The first-order valence-electron chi connectivity index (χ1n) is 7.31. The lowest BCUT2D eigenvalue weighted by Crippen LogP contribution is -2.31.